The minimum atomic E-state index is -1.23. The highest BCUT2D eigenvalue weighted by atomic mass is 16.2. The topological polar surface area (TPSA) is 75.3 Å². The third-order valence-electron chi connectivity index (χ3n) is 5.19. The lowest BCUT2D eigenvalue weighted by molar-refractivity contribution is -0.148. The Kier molecular flexibility index (Phi) is 2.90. The summed E-state index contributed by atoms with van der Waals surface area (Å²) in [6.07, 6.45) is 1.05. The Hall–Kier alpha value is -2.17. The molecule has 2 fully saturated rings. The zero-order valence-corrected chi connectivity index (χ0v) is 12.1. The smallest absolute Gasteiger partial charge is 0.253 e. The molecule has 0 spiro atoms. The maximum absolute atomic E-state index is 12.6. The van der Waals surface area contributed by atoms with Crippen molar-refractivity contribution in [2.45, 2.75) is 26.7 Å². The number of amides is 1. The number of hydrazine groups is 1. The van der Waals surface area contributed by atoms with Crippen LogP contribution in [-0.2, 0) is 14.4 Å². The average molecular weight is 286 g/mol. The summed E-state index contributed by atoms with van der Waals surface area (Å²) in [4.78, 5) is 37.0. The van der Waals surface area contributed by atoms with Crippen molar-refractivity contribution in [2.24, 2.45) is 16.7 Å². The first kappa shape index (κ1) is 13.8. The van der Waals surface area contributed by atoms with Gasteiger partial charge in [-0.1, -0.05) is 32.0 Å². The van der Waals surface area contributed by atoms with Crippen molar-refractivity contribution in [1.82, 2.24) is 5.43 Å². The largest absolute Gasteiger partial charge is 0.299 e. The van der Waals surface area contributed by atoms with Crippen molar-refractivity contribution in [3.63, 3.8) is 0 Å². The van der Waals surface area contributed by atoms with E-state index in [-0.39, 0.29) is 11.7 Å². The Labute approximate surface area is 123 Å². The number of anilines is 1. The fraction of sp³-hybridized carbons (Fsp3) is 0.438. The number of para-hydroxylation sites is 1. The molecule has 0 saturated heterocycles. The van der Waals surface area contributed by atoms with Crippen molar-refractivity contribution in [3.05, 3.63) is 30.3 Å². The molecular weight excluding hydrogens is 268 g/mol. The van der Waals surface area contributed by atoms with Crippen molar-refractivity contribution >= 4 is 23.2 Å². The second-order valence-electron chi connectivity index (χ2n) is 6.36. The van der Waals surface area contributed by atoms with E-state index in [0.29, 0.717) is 12.8 Å². The zero-order valence-electron chi connectivity index (χ0n) is 12.1. The molecule has 1 aromatic rings. The molecule has 3 rings (SSSR count). The van der Waals surface area contributed by atoms with Gasteiger partial charge in [0.1, 0.15) is 5.41 Å². The van der Waals surface area contributed by atoms with Gasteiger partial charge in [-0.2, -0.15) is 0 Å². The lowest BCUT2D eigenvalue weighted by Crippen LogP contribution is -2.51. The molecule has 0 heterocycles. The normalized spacial score (nSPS) is 29.5. The van der Waals surface area contributed by atoms with Gasteiger partial charge in [-0.05, 0) is 30.4 Å². The summed E-state index contributed by atoms with van der Waals surface area (Å²) in [7, 11) is 0. The van der Waals surface area contributed by atoms with E-state index in [1.54, 1.807) is 0 Å². The number of hydrogen-bond acceptors (Lipinski definition) is 4. The fourth-order valence-electron chi connectivity index (χ4n) is 3.84. The van der Waals surface area contributed by atoms with Crippen molar-refractivity contribution < 1.29 is 14.4 Å². The number of rotatable bonds is 3. The van der Waals surface area contributed by atoms with Crippen LogP contribution in [0.2, 0.25) is 0 Å². The molecule has 5 heteroatoms. The Balaban J connectivity index is 1.83. The molecule has 0 aliphatic heterocycles. The van der Waals surface area contributed by atoms with Crippen molar-refractivity contribution in [1.29, 1.82) is 0 Å². The summed E-state index contributed by atoms with van der Waals surface area (Å²) in [5.41, 5.74) is 4.29. The van der Waals surface area contributed by atoms with E-state index in [4.69, 9.17) is 0 Å². The fourth-order valence-corrected chi connectivity index (χ4v) is 3.84. The Morgan fingerprint density at radius 1 is 1.19 bits per heavy atom. The van der Waals surface area contributed by atoms with Crippen molar-refractivity contribution in [2.75, 3.05) is 5.43 Å². The molecule has 5 nitrogen and oxygen atoms in total. The molecule has 2 atom stereocenters. The molecule has 1 amide bonds. The molecule has 0 aromatic heterocycles. The summed E-state index contributed by atoms with van der Waals surface area (Å²) in [6.45, 7) is 3.69. The molecule has 0 unspecified atom stereocenters. The van der Waals surface area contributed by atoms with Gasteiger partial charge in [0, 0.05) is 5.92 Å². The summed E-state index contributed by atoms with van der Waals surface area (Å²) in [5.74, 6) is -1.65. The quantitative estimate of drug-likeness (QED) is 0.504. The highest BCUT2D eigenvalue weighted by molar-refractivity contribution is 6.47. The van der Waals surface area contributed by atoms with Crippen LogP contribution in [-0.4, -0.2) is 17.5 Å². The van der Waals surface area contributed by atoms with Crippen LogP contribution in [0, 0.1) is 16.7 Å². The number of carbonyl (C=O) groups excluding carboxylic acids is 3. The van der Waals surface area contributed by atoms with Gasteiger partial charge in [-0.3, -0.25) is 25.2 Å². The van der Waals surface area contributed by atoms with Crippen LogP contribution in [0.5, 0.6) is 0 Å². The predicted molar refractivity (Wildman–Crippen MR) is 77.2 cm³/mol. The number of ketones is 2. The van der Waals surface area contributed by atoms with Gasteiger partial charge in [0.05, 0.1) is 5.69 Å². The van der Waals surface area contributed by atoms with E-state index >= 15 is 0 Å². The number of Topliss-reactive ketones (excluding diaryl/α,β-unsaturated/α-hetero) is 2. The number of nitrogens with one attached hydrogen (secondary N) is 2. The molecule has 2 aliphatic rings. The van der Waals surface area contributed by atoms with E-state index in [0.717, 1.165) is 5.69 Å². The van der Waals surface area contributed by atoms with E-state index in [9.17, 15) is 14.4 Å². The first-order valence-corrected chi connectivity index (χ1v) is 7.11. The van der Waals surface area contributed by atoms with Crippen LogP contribution in [0.3, 0.4) is 0 Å². The average Bonchev–Trinajstić information content (AvgIpc) is 2.82. The van der Waals surface area contributed by atoms with Gasteiger partial charge in [0.25, 0.3) is 5.91 Å². The van der Waals surface area contributed by atoms with Gasteiger partial charge in [0.15, 0.2) is 0 Å². The summed E-state index contributed by atoms with van der Waals surface area (Å²) in [5, 5.41) is 0. The van der Waals surface area contributed by atoms with Gasteiger partial charge in [-0.15, -0.1) is 0 Å². The van der Waals surface area contributed by atoms with Crippen LogP contribution in [0.1, 0.15) is 26.7 Å². The first-order valence-electron chi connectivity index (χ1n) is 7.11. The maximum atomic E-state index is 12.6. The number of fused-ring (bicyclic) bond motifs is 2. The van der Waals surface area contributed by atoms with E-state index in [1.165, 1.54) is 0 Å². The summed E-state index contributed by atoms with van der Waals surface area (Å²) in [6, 6.07) is 9.17. The summed E-state index contributed by atoms with van der Waals surface area (Å²) >= 11 is 0. The predicted octanol–water partition coefficient (Wildman–Crippen LogP) is 1.70. The van der Waals surface area contributed by atoms with Crippen molar-refractivity contribution in [3.8, 4) is 0 Å². The van der Waals surface area contributed by atoms with Crippen LogP contribution in [0.15, 0.2) is 30.3 Å². The highest BCUT2D eigenvalue weighted by Gasteiger charge is 2.72. The Bertz CT molecular complexity index is 624. The summed E-state index contributed by atoms with van der Waals surface area (Å²) < 4.78 is 0. The maximum Gasteiger partial charge on any atom is 0.253 e. The van der Waals surface area contributed by atoms with Gasteiger partial charge >= 0.3 is 0 Å². The molecule has 2 N–H and O–H groups in total. The highest BCUT2D eigenvalue weighted by Crippen LogP contribution is 2.62. The van der Waals surface area contributed by atoms with Crippen LogP contribution < -0.4 is 10.9 Å². The number of carbonyl (C=O) groups is 3. The second-order valence-corrected chi connectivity index (χ2v) is 6.36. The molecule has 2 bridgehead atoms. The Morgan fingerprint density at radius 3 is 2.43 bits per heavy atom. The molecule has 21 heavy (non-hydrogen) atoms. The minimum absolute atomic E-state index is 0.326. The lowest BCUT2D eigenvalue weighted by atomic mass is 9.68. The second kappa shape index (κ2) is 4.41. The van der Waals surface area contributed by atoms with Gasteiger partial charge in [-0.25, -0.2) is 0 Å². The number of hydrogen-bond donors (Lipinski definition) is 2. The number of benzene rings is 1. The van der Waals surface area contributed by atoms with E-state index in [2.05, 4.69) is 10.9 Å². The standard InChI is InChI=1S/C16H18N2O3/c1-15(2)11-8-9-16(15,13(20)12(11)19)14(21)18-17-10-6-4-3-5-7-10/h3-7,11,17H,8-9H2,1-2H3,(H,18,21)/t11-,16-/m1/s1. The van der Waals surface area contributed by atoms with Crippen LogP contribution >= 0.6 is 0 Å². The molecule has 2 aliphatic carbocycles. The lowest BCUT2D eigenvalue weighted by Gasteiger charge is -2.33. The molecule has 2 saturated carbocycles. The minimum Gasteiger partial charge on any atom is -0.299 e. The van der Waals surface area contributed by atoms with Gasteiger partial charge < -0.3 is 0 Å². The first-order chi connectivity index (χ1) is 9.91. The third kappa shape index (κ3) is 1.66. The SMILES string of the molecule is CC1(C)[C@@H]2CC[C@]1(C(=O)NNc1ccccc1)C(=O)C2=O. The monoisotopic (exact) mass is 286 g/mol. The van der Waals surface area contributed by atoms with E-state index in [1.807, 2.05) is 44.2 Å². The third-order valence-corrected chi connectivity index (χ3v) is 5.19. The zero-order chi connectivity index (χ0) is 15.3. The molecule has 1 aromatic carbocycles. The molecular formula is C16H18N2O3. The molecule has 0 radical (unpaired) electrons. The van der Waals surface area contributed by atoms with Crippen LogP contribution in [0.4, 0.5) is 5.69 Å². The molecule has 110 valence electrons. The van der Waals surface area contributed by atoms with Gasteiger partial charge in [0.2, 0.25) is 11.6 Å². The van der Waals surface area contributed by atoms with Crippen LogP contribution in [0.25, 0.3) is 0 Å². The Morgan fingerprint density at radius 2 is 1.86 bits per heavy atom. The van der Waals surface area contributed by atoms with E-state index < -0.39 is 22.5 Å².